The highest BCUT2D eigenvalue weighted by Gasteiger charge is 2.19. The maximum absolute atomic E-state index is 13.2. The van der Waals surface area contributed by atoms with Crippen molar-refractivity contribution < 1.29 is 0 Å². The molecule has 0 amide bonds. The standard InChI is InChI=1S/C21H30N6OS/c1-4-23-11-13-24(14-12-23)15-26-21(29)27-18-8-6-5-7-17(18)19(28)25(20(27)22-26)10-9-16(2)3/h5-8,16H,4,9-15H2,1-3H3. The first-order valence-electron chi connectivity index (χ1n) is 10.6. The molecule has 29 heavy (non-hydrogen) atoms. The first kappa shape index (κ1) is 20.3. The van der Waals surface area contributed by atoms with Crippen LogP contribution in [0.2, 0.25) is 0 Å². The smallest absolute Gasteiger partial charge is 0.262 e. The molecule has 3 heterocycles. The van der Waals surface area contributed by atoms with E-state index in [1.54, 1.807) is 4.57 Å². The molecule has 0 saturated carbocycles. The van der Waals surface area contributed by atoms with Gasteiger partial charge < -0.3 is 4.90 Å². The van der Waals surface area contributed by atoms with E-state index >= 15 is 0 Å². The Balaban J connectivity index is 1.79. The van der Waals surface area contributed by atoms with Crippen LogP contribution in [0, 0.1) is 10.7 Å². The summed E-state index contributed by atoms with van der Waals surface area (Å²) < 4.78 is 6.29. The number of rotatable bonds is 6. The summed E-state index contributed by atoms with van der Waals surface area (Å²) in [5.41, 5.74) is 0.845. The summed E-state index contributed by atoms with van der Waals surface area (Å²) in [4.78, 5) is 18.0. The van der Waals surface area contributed by atoms with Crippen molar-refractivity contribution in [1.82, 2.24) is 28.5 Å². The Bertz CT molecular complexity index is 1120. The first-order valence-corrected chi connectivity index (χ1v) is 11.0. The highest BCUT2D eigenvalue weighted by atomic mass is 32.1. The summed E-state index contributed by atoms with van der Waals surface area (Å²) in [6.45, 7) is 13.1. The largest absolute Gasteiger partial charge is 0.301 e. The SMILES string of the molecule is CCN1CCN(Cn2nc3n(CCC(C)C)c(=O)c4ccccc4n3c2=S)CC1. The van der Waals surface area contributed by atoms with Gasteiger partial charge in [0.05, 0.1) is 17.6 Å². The molecule has 1 fully saturated rings. The summed E-state index contributed by atoms with van der Waals surface area (Å²) in [5.74, 6) is 1.15. The molecule has 4 rings (SSSR count). The average Bonchev–Trinajstić information content (AvgIpc) is 3.04. The highest BCUT2D eigenvalue weighted by molar-refractivity contribution is 7.71. The quantitative estimate of drug-likeness (QED) is 0.581. The molecular formula is C21H30N6OS. The molecule has 2 aromatic heterocycles. The van der Waals surface area contributed by atoms with Gasteiger partial charge in [-0.15, -0.1) is 5.10 Å². The van der Waals surface area contributed by atoms with Crippen molar-refractivity contribution in [3.63, 3.8) is 0 Å². The van der Waals surface area contributed by atoms with Gasteiger partial charge in [0.2, 0.25) is 10.5 Å². The van der Waals surface area contributed by atoms with Gasteiger partial charge in [-0.05, 0) is 43.2 Å². The Morgan fingerprint density at radius 1 is 1.10 bits per heavy atom. The monoisotopic (exact) mass is 414 g/mol. The topological polar surface area (TPSA) is 50.7 Å². The highest BCUT2D eigenvalue weighted by Crippen LogP contribution is 2.16. The summed E-state index contributed by atoms with van der Waals surface area (Å²) in [7, 11) is 0. The third kappa shape index (κ3) is 3.89. The van der Waals surface area contributed by atoms with Crippen LogP contribution < -0.4 is 5.56 Å². The van der Waals surface area contributed by atoms with E-state index in [2.05, 4.69) is 30.6 Å². The Morgan fingerprint density at radius 2 is 1.79 bits per heavy atom. The molecule has 0 unspecified atom stereocenters. The van der Waals surface area contributed by atoms with Crippen LogP contribution in [-0.4, -0.2) is 61.3 Å². The zero-order valence-corrected chi connectivity index (χ0v) is 18.4. The van der Waals surface area contributed by atoms with Crippen molar-refractivity contribution in [3.8, 4) is 0 Å². The number of hydrogen-bond donors (Lipinski definition) is 0. The Morgan fingerprint density at radius 3 is 2.48 bits per heavy atom. The van der Waals surface area contributed by atoms with Crippen molar-refractivity contribution >= 4 is 28.9 Å². The molecule has 1 aromatic carbocycles. The number of benzene rings is 1. The van der Waals surface area contributed by atoms with Crippen LogP contribution in [0.3, 0.4) is 0 Å². The maximum Gasteiger partial charge on any atom is 0.262 e. The van der Waals surface area contributed by atoms with Crippen molar-refractivity contribution in [1.29, 1.82) is 0 Å². The van der Waals surface area contributed by atoms with Gasteiger partial charge in [-0.25, -0.2) is 4.68 Å². The van der Waals surface area contributed by atoms with Crippen molar-refractivity contribution in [2.75, 3.05) is 32.7 Å². The molecular weight excluding hydrogens is 384 g/mol. The van der Waals surface area contributed by atoms with Crippen molar-refractivity contribution in [2.45, 2.75) is 40.4 Å². The van der Waals surface area contributed by atoms with E-state index in [0.717, 1.165) is 44.7 Å². The van der Waals surface area contributed by atoms with Gasteiger partial charge in [-0.2, -0.15) is 0 Å². The molecule has 0 aliphatic carbocycles. The molecule has 0 bridgehead atoms. The normalized spacial score (nSPS) is 16.4. The van der Waals surface area contributed by atoms with E-state index in [4.69, 9.17) is 17.3 Å². The molecule has 0 atom stereocenters. The third-order valence-electron chi connectivity index (χ3n) is 5.86. The minimum atomic E-state index is 0.0115. The number of hydrogen-bond acceptors (Lipinski definition) is 5. The molecule has 1 saturated heterocycles. The fraction of sp³-hybridized carbons (Fsp3) is 0.571. The van der Waals surface area contributed by atoms with Gasteiger partial charge >= 0.3 is 0 Å². The first-order chi connectivity index (χ1) is 14.0. The number of aryl methyl sites for hydroxylation is 1. The molecule has 3 aromatic rings. The van der Waals surface area contributed by atoms with Crippen LogP contribution in [-0.2, 0) is 13.2 Å². The zero-order valence-electron chi connectivity index (χ0n) is 17.5. The van der Waals surface area contributed by atoms with E-state index in [9.17, 15) is 4.79 Å². The fourth-order valence-electron chi connectivity index (χ4n) is 3.98. The summed E-state index contributed by atoms with van der Waals surface area (Å²) in [5, 5.41) is 5.51. The molecule has 1 aliphatic heterocycles. The fourth-order valence-corrected chi connectivity index (χ4v) is 4.26. The zero-order chi connectivity index (χ0) is 20.5. The number of nitrogens with zero attached hydrogens (tertiary/aromatic N) is 6. The second-order valence-electron chi connectivity index (χ2n) is 8.27. The summed E-state index contributed by atoms with van der Waals surface area (Å²) in [6, 6.07) is 7.69. The van der Waals surface area contributed by atoms with Crippen molar-refractivity contribution in [3.05, 3.63) is 39.4 Å². The minimum Gasteiger partial charge on any atom is -0.301 e. The van der Waals surface area contributed by atoms with Crippen molar-refractivity contribution in [2.24, 2.45) is 5.92 Å². The number of likely N-dealkylation sites (N-methyl/N-ethyl adjacent to an activating group) is 1. The van der Waals surface area contributed by atoms with Gasteiger partial charge in [0.25, 0.3) is 5.56 Å². The lowest BCUT2D eigenvalue weighted by Gasteiger charge is -2.33. The van der Waals surface area contributed by atoms with Crippen LogP contribution in [0.1, 0.15) is 27.2 Å². The minimum absolute atomic E-state index is 0.0115. The predicted molar refractivity (Wildman–Crippen MR) is 119 cm³/mol. The van der Waals surface area contributed by atoms with Gasteiger partial charge in [-0.1, -0.05) is 32.9 Å². The van der Waals surface area contributed by atoms with E-state index in [1.807, 2.05) is 33.3 Å². The molecule has 0 spiro atoms. The second kappa shape index (κ2) is 8.38. The summed E-state index contributed by atoms with van der Waals surface area (Å²) >= 11 is 5.82. The molecule has 1 aliphatic rings. The number of fused-ring (bicyclic) bond motifs is 3. The maximum atomic E-state index is 13.2. The Kier molecular flexibility index (Phi) is 5.85. The van der Waals surface area contributed by atoms with E-state index in [1.165, 1.54) is 0 Å². The molecule has 156 valence electrons. The van der Waals surface area contributed by atoms with E-state index < -0.39 is 0 Å². The summed E-state index contributed by atoms with van der Waals surface area (Å²) in [6.07, 6.45) is 0.923. The van der Waals surface area contributed by atoms with Crippen LogP contribution in [0.25, 0.3) is 16.7 Å². The molecule has 0 N–H and O–H groups in total. The molecule has 0 radical (unpaired) electrons. The third-order valence-corrected chi connectivity index (χ3v) is 6.25. The predicted octanol–water partition coefficient (Wildman–Crippen LogP) is 2.82. The van der Waals surface area contributed by atoms with Crippen LogP contribution >= 0.6 is 12.2 Å². The second-order valence-corrected chi connectivity index (χ2v) is 8.63. The number of aromatic nitrogens is 4. The number of piperazine rings is 1. The Hall–Kier alpha value is -2.03. The van der Waals surface area contributed by atoms with Gasteiger partial charge in [-0.3, -0.25) is 18.7 Å². The molecule has 7 nitrogen and oxygen atoms in total. The van der Waals surface area contributed by atoms with Crippen LogP contribution in [0.15, 0.2) is 29.1 Å². The van der Waals surface area contributed by atoms with Crippen LogP contribution in [0.5, 0.6) is 0 Å². The lowest BCUT2D eigenvalue weighted by atomic mass is 10.1. The van der Waals surface area contributed by atoms with Gasteiger partial charge in [0.15, 0.2) is 0 Å². The van der Waals surface area contributed by atoms with Crippen LogP contribution in [0.4, 0.5) is 0 Å². The van der Waals surface area contributed by atoms with Gasteiger partial charge in [0, 0.05) is 32.7 Å². The number of para-hydroxylation sites is 1. The van der Waals surface area contributed by atoms with E-state index in [-0.39, 0.29) is 5.56 Å². The Labute approximate surface area is 176 Å². The lowest BCUT2D eigenvalue weighted by Crippen LogP contribution is -2.46. The van der Waals surface area contributed by atoms with Gasteiger partial charge in [0.1, 0.15) is 0 Å². The van der Waals surface area contributed by atoms with E-state index in [0.29, 0.717) is 35.1 Å². The lowest BCUT2D eigenvalue weighted by molar-refractivity contribution is 0.106. The average molecular weight is 415 g/mol. The molecule has 8 heteroatoms.